The van der Waals surface area contributed by atoms with E-state index in [1.165, 1.54) is 0 Å². The van der Waals surface area contributed by atoms with Crippen LogP contribution in [0.2, 0.25) is 0 Å². The fraction of sp³-hybridized carbons (Fsp3) is 0.318. The van der Waals surface area contributed by atoms with Crippen molar-refractivity contribution in [2.75, 3.05) is 11.9 Å². The van der Waals surface area contributed by atoms with Gasteiger partial charge < -0.3 is 20.7 Å². The minimum absolute atomic E-state index is 0.0585. The van der Waals surface area contributed by atoms with Crippen molar-refractivity contribution < 1.29 is 27.9 Å². The average molecular weight is 431 g/mol. The van der Waals surface area contributed by atoms with Gasteiger partial charge in [-0.2, -0.15) is 0 Å². The van der Waals surface area contributed by atoms with Crippen LogP contribution in [0.1, 0.15) is 42.7 Å². The SMILES string of the molecule is CC(NC(=O)[C@@H](NC(=O)c1c(F)cccc1F)C(C)C)c1ccc2c(c1)NC(=O)CO2. The molecular formula is C22H23F2N3O4. The van der Waals surface area contributed by atoms with Gasteiger partial charge in [0.25, 0.3) is 11.8 Å². The first-order chi connectivity index (χ1) is 14.7. The van der Waals surface area contributed by atoms with Crippen LogP contribution in [0, 0.1) is 17.6 Å². The molecule has 1 heterocycles. The molecule has 31 heavy (non-hydrogen) atoms. The number of carbonyl (C=O) groups is 3. The second kappa shape index (κ2) is 9.11. The molecule has 9 heteroatoms. The van der Waals surface area contributed by atoms with Crippen LogP contribution in [0.25, 0.3) is 0 Å². The molecule has 2 atom stereocenters. The lowest BCUT2D eigenvalue weighted by atomic mass is 10.0. The molecule has 0 radical (unpaired) electrons. The molecule has 0 spiro atoms. The summed E-state index contributed by atoms with van der Waals surface area (Å²) in [7, 11) is 0. The van der Waals surface area contributed by atoms with Crippen molar-refractivity contribution in [3.05, 3.63) is 59.2 Å². The molecule has 0 saturated heterocycles. The zero-order valence-corrected chi connectivity index (χ0v) is 17.3. The molecule has 0 bridgehead atoms. The largest absolute Gasteiger partial charge is 0.482 e. The molecular weight excluding hydrogens is 408 g/mol. The molecule has 3 rings (SSSR count). The number of halogens is 2. The molecule has 1 aliphatic rings. The topological polar surface area (TPSA) is 96.5 Å². The maximum atomic E-state index is 13.9. The molecule has 1 aliphatic heterocycles. The fourth-order valence-corrected chi connectivity index (χ4v) is 3.22. The summed E-state index contributed by atoms with van der Waals surface area (Å²) in [5.74, 6) is -3.62. The van der Waals surface area contributed by atoms with Gasteiger partial charge in [-0.3, -0.25) is 14.4 Å². The Bertz CT molecular complexity index is 1010. The van der Waals surface area contributed by atoms with Crippen LogP contribution in [-0.2, 0) is 9.59 Å². The van der Waals surface area contributed by atoms with E-state index >= 15 is 0 Å². The van der Waals surface area contributed by atoms with Crippen molar-refractivity contribution in [2.45, 2.75) is 32.9 Å². The van der Waals surface area contributed by atoms with E-state index in [4.69, 9.17) is 4.74 Å². The molecule has 3 amide bonds. The van der Waals surface area contributed by atoms with Crippen LogP contribution in [-0.4, -0.2) is 30.4 Å². The zero-order chi connectivity index (χ0) is 22.7. The number of fused-ring (bicyclic) bond motifs is 1. The number of hydrogen-bond acceptors (Lipinski definition) is 4. The van der Waals surface area contributed by atoms with Gasteiger partial charge >= 0.3 is 0 Å². The molecule has 1 unspecified atom stereocenters. The third-order valence-corrected chi connectivity index (χ3v) is 4.92. The Morgan fingerprint density at radius 1 is 1.06 bits per heavy atom. The number of nitrogens with one attached hydrogen (secondary N) is 3. The lowest BCUT2D eigenvalue weighted by Crippen LogP contribution is -2.50. The summed E-state index contributed by atoms with van der Waals surface area (Å²) in [4.78, 5) is 36.8. The van der Waals surface area contributed by atoms with Crippen molar-refractivity contribution in [2.24, 2.45) is 5.92 Å². The quantitative estimate of drug-likeness (QED) is 0.655. The number of ether oxygens (including phenoxy) is 1. The van der Waals surface area contributed by atoms with Gasteiger partial charge in [0.2, 0.25) is 5.91 Å². The summed E-state index contributed by atoms with van der Waals surface area (Å²) >= 11 is 0. The summed E-state index contributed by atoms with van der Waals surface area (Å²) in [5, 5.41) is 7.91. The molecule has 0 aromatic heterocycles. The Morgan fingerprint density at radius 2 is 1.74 bits per heavy atom. The van der Waals surface area contributed by atoms with Gasteiger partial charge in [0.05, 0.1) is 11.7 Å². The van der Waals surface area contributed by atoms with E-state index in [0.29, 0.717) is 17.0 Å². The molecule has 2 aromatic carbocycles. The normalized spacial score (nSPS) is 14.7. The molecule has 0 fully saturated rings. The van der Waals surface area contributed by atoms with E-state index in [0.717, 1.165) is 18.2 Å². The molecule has 7 nitrogen and oxygen atoms in total. The van der Waals surface area contributed by atoms with E-state index in [2.05, 4.69) is 16.0 Å². The predicted molar refractivity (Wildman–Crippen MR) is 110 cm³/mol. The Hall–Kier alpha value is -3.49. The number of benzene rings is 2. The van der Waals surface area contributed by atoms with Crippen LogP contribution in [0.4, 0.5) is 14.5 Å². The maximum Gasteiger partial charge on any atom is 0.262 e. The third kappa shape index (κ3) is 4.99. The number of hydrogen-bond donors (Lipinski definition) is 3. The first kappa shape index (κ1) is 22.2. The van der Waals surface area contributed by atoms with E-state index < -0.39 is 41.1 Å². The summed E-state index contributed by atoms with van der Waals surface area (Å²) in [6.07, 6.45) is 0. The van der Waals surface area contributed by atoms with Crippen molar-refractivity contribution in [3.8, 4) is 5.75 Å². The van der Waals surface area contributed by atoms with Crippen LogP contribution in [0.5, 0.6) is 5.75 Å². The van der Waals surface area contributed by atoms with E-state index in [-0.39, 0.29) is 18.4 Å². The maximum absolute atomic E-state index is 13.9. The van der Waals surface area contributed by atoms with Crippen molar-refractivity contribution in [1.82, 2.24) is 10.6 Å². The number of carbonyl (C=O) groups excluding carboxylic acids is 3. The summed E-state index contributed by atoms with van der Waals surface area (Å²) < 4.78 is 33.1. The Balaban J connectivity index is 1.73. The highest BCUT2D eigenvalue weighted by Gasteiger charge is 2.28. The highest BCUT2D eigenvalue weighted by Crippen LogP contribution is 2.30. The van der Waals surface area contributed by atoms with Crippen LogP contribution in [0.3, 0.4) is 0 Å². The van der Waals surface area contributed by atoms with Crippen molar-refractivity contribution in [3.63, 3.8) is 0 Å². The highest BCUT2D eigenvalue weighted by atomic mass is 19.1. The Kier molecular flexibility index (Phi) is 6.53. The third-order valence-electron chi connectivity index (χ3n) is 4.92. The molecule has 164 valence electrons. The van der Waals surface area contributed by atoms with Gasteiger partial charge in [-0.25, -0.2) is 8.78 Å². The van der Waals surface area contributed by atoms with Crippen molar-refractivity contribution >= 4 is 23.4 Å². The number of anilines is 1. The molecule has 0 saturated carbocycles. The van der Waals surface area contributed by atoms with E-state index in [9.17, 15) is 23.2 Å². The minimum atomic E-state index is -1.02. The monoisotopic (exact) mass is 431 g/mol. The van der Waals surface area contributed by atoms with E-state index in [1.807, 2.05) is 0 Å². The molecule has 0 aliphatic carbocycles. The van der Waals surface area contributed by atoms with Gasteiger partial charge in [0.1, 0.15) is 29.0 Å². The second-order valence-electron chi connectivity index (χ2n) is 7.61. The van der Waals surface area contributed by atoms with Gasteiger partial charge in [-0.05, 0) is 42.7 Å². The highest BCUT2D eigenvalue weighted by molar-refractivity contribution is 5.98. The predicted octanol–water partition coefficient (Wildman–Crippen LogP) is 2.93. The van der Waals surface area contributed by atoms with Gasteiger partial charge in [0.15, 0.2) is 6.61 Å². The zero-order valence-electron chi connectivity index (χ0n) is 17.3. The van der Waals surface area contributed by atoms with Crippen molar-refractivity contribution in [1.29, 1.82) is 0 Å². The Labute approximate surface area is 178 Å². The lowest BCUT2D eigenvalue weighted by Gasteiger charge is -2.25. The van der Waals surface area contributed by atoms with Gasteiger partial charge in [-0.1, -0.05) is 26.0 Å². The first-order valence-corrected chi connectivity index (χ1v) is 9.79. The summed E-state index contributed by atoms with van der Waals surface area (Å²) in [6, 6.07) is 6.74. The lowest BCUT2D eigenvalue weighted by molar-refractivity contribution is -0.124. The summed E-state index contributed by atoms with van der Waals surface area (Å²) in [6.45, 7) is 5.09. The second-order valence-corrected chi connectivity index (χ2v) is 7.61. The van der Waals surface area contributed by atoms with Gasteiger partial charge in [0, 0.05) is 0 Å². The van der Waals surface area contributed by atoms with Gasteiger partial charge in [-0.15, -0.1) is 0 Å². The average Bonchev–Trinajstić information content (AvgIpc) is 2.70. The van der Waals surface area contributed by atoms with E-state index in [1.54, 1.807) is 39.0 Å². The molecule has 3 N–H and O–H groups in total. The van der Waals surface area contributed by atoms with Crippen LogP contribution in [0.15, 0.2) is 36.4 Å². The number of rotatable bonds is 6. The number of amides is 3. The Morgan fingerprint density at radius 3 is 2.39 bits per heavy atom. The minimum Gasteiger partial charge on any atom is -0.482 e. The smallest absolute Gasteiger partial charge is 0.262 e. The van der Waals surface area contributed by atoms with Crippen LogP contribution >= 0.6 is 0 Å². The summed E-state index contributed by atoms with van der Waals surface area (Å²) in [5.41, 5.74) is 0.463. The molecule has 2 aromatic rings. The fourth-order valence-electron chi connectivity index (χ4n) is 3.22. The van der Waals surface area contributed by atoms with Crippen LogP contribution < -0.4 is 20.7 Å². The standard InChI is InChI=1S/C22H23F2N3O4/c1-11(2)20(27-21(29)19-14(23)5-4-6-15(19)24)22(30)25-12(3)13-7-8-17-16(9-13)26-18(28)10-31-17/h4-9,11-12,20H,10H2,1-3H3,(H,25,30)(H,26,28)(H,27,29)/t12?,20-/m0/s1. The first-order valence-electron chi connectivity index (χ1n) is 9.79.